The Morgan fingerprint density at radius 3 is 2.34 bits per heavy atom. The van der Waals surface area contributed by atoms with E-state index in [9.17, 15) is 9.59 Å². The number of hydrazone groups is 1. The topological polar surface area (TPSA) is 86.2 Å². The van der Waals surface area contributed by atoms with Crippen molar-refractivity contribution in [2.75, 3.05) is 14.2 Å². The Labute approximate surface area is 206 Å². The molecule has 0 aliphatic rings. The fourth-order valence-corrected chi connectivity index (χ4v) is 3.69. The minimum Gasteiger partial charge on any atom is -0.493 e. The summed E-state index contributed by atoms with van der Waals surface area (Å²) >= 11 is 6.15. The van der Waals surface area contributed by atoms with Crippen LogP contribution in [-0.4, -0.2) is 32.3 Å². The van der Waals surface area contributed by atoms with Crippen molar-refractivity contribution in [3.8, 4) is 17.2 Å². The van der Waals surface area contributed by atoms with Crippen molar-refractivity contribution in [3.63, 3.8) is 0 Å². The molecule has 0 fully saturated rings. The highest BCUT2D eigenvalue weighted by Gasteiger charge is 2.16. The number of methoxy groups -OCH3 is 2. The summed E-state index contributed by atoms with van der Waals surface area (Å²) in [6, 6.07) is 22.5. The SMILES string of the molecule is COc1ccc(C(=O)N/N=C/c2c(OC(=O)c3ccccc3Cl)ccc3ccccc23)cc1OC. The number of benzene rings is 4. The summed E-state index contributed by atoms with van der Waals surface area (Å²) in [6.07, 6.45) is 1.44. The first-order chi connectivity index (χ1) is 17.0. The smallest absolute Gasteiger partial charge is 0.345 e. The average Bonchev–Trinajstić information content (AvgIpc) is 2.89. The van der Waals surface area contributed by atoms with Crippen LogP contribution in [0.3, 0.4) is 0 Å². The van der Waals surface area contributed by atoms with Gasteiger partial charge in [-0.1, -0.05) is 54.1 Å². The number of halogens is 1. The number of ether oxygens (including phenoxy) is 3. The molecule has 0 atom stereocenters. The van der Waals surface area contributed by atoms with E-state index in [1.165, 1.54) is 20.4 Å². The molecule has 0 unspecified atom stereocenters. The number of rotatable bonds is 7. The Kier molecular flexibility index (Phi) is 7.28. The maximum absolute atomic E-state index is 12.8. The van der Waals surface area contributed by atoms with Gasteiger partial charge in [0.15, 0.2) is 11.5 Å². The van der Waals surface area contributed by atoms with E-state index >= 15 is 0 Å². The Hall–Kier alpha value is -4.36. The van der Waals surface area contributed by atoms with Crippen molar-refractivity contribution in [1.82, 2.24) is 5.43 Å². The maximum Gasteiger partial charge on any atom is 0.345 e. The highest BCUT2D eigenvalue weighted by atomic mass is 35.5. The normalized spacial score (nSPS) is 10.8. The van der Waals surface area contributed by atoms with Gasteiger partial charge in [0, 0.05) is 11.1 Å². The second-order valence-electron chi connectivity index (χ2n) is 7.34. The van der Waals surface area contributed by atoms with Crippen LogP contribution in [0.4, 0.5) is 0 Å². The fraction of sp³-hybridized carbons (Fsp3) is 0.0741. The van der Waals surface area contributed by atoms with E-state index in [2.05, 4.69) is 10.5 Å². The van der Waals surface area contributed by atoms with Gasteiger partial charge in [-0.25, -0.2) is 10.2 Å². The van der Waals surface area contributed by atoms with Gasteiger partial charge in [-0.2, -0.15) is 5.10 Å². The van der Waals surface area contributed by atoms with Crippen LogP contribution in [0.1, 0.15) is 26.3 Å². The molecule has 0 spiro atoms. The number of carbonyl (C=O) groups is 2. The number of hydrogen-bond acceptors (Lipinski definition) is 6. The Balaban J connectivity index is 1.62. The van der Waals surface area contributed by atoms with Crippen molar-refractivity contribution < 1.29 is 23.8 Å². The van der Waals surface area contributed by atoms with E-state index < -0.39 is 11.9 Å². The first kappa shape index (κ1) is 23.8. The van der Waals surface area contributed by atoms with Gasteiger partial charge < -0.3 is 14.2 Å². The third-order valence-corrected chi connectivity index (χ3v) is 5.56. The summed E-state index contributed by atoms with van der Waals surface area (Å²) in [5.41, 5.74) is 3.60. The Bertz CT molecular complexity index is 1430. The van der Waals surface area contributed by atoms with Crippen LogP contribution >= 0.6 is 11.6 Å². The Morgan fingerprint density at radius 2 is 1.57 bits per heavy atom. The minimum atomic E-state index is -0.602. The lowest BCUT2D eigenvalue weighted by molar-refractivity contribution is 0.0734. The largest absolute Gasteiger partial charge is 0.493 e. The van der Waals surface area contributed by atoms with Gasteiger partial charge in [-0.3, -0.25) is 4.79 Å². The zero-order chi connectivity index (χ0) is 24.8. The van der Waals surface area contributed by atoms with E-state index in [1.807, 2.05) is 30.3 Å². The van der Waals surface area contributed by atoms with Crippen LogP contribution in [0.15, 0.2) is 84.0 Å². The molecule has 0 aliphatic carbocycles. The van der Waals surface area contributed by atoms with Gasteiger partial charge in [-0.15, -0.1) is 0 Å². The molecule has 0 bridgehead atoms. The monoisotopic (exact) mass is 488 g/mol. The molecule has 4 rings (SSSR count). The van der Waals surface area contributed by atoms with Gasteiger partial charge >= 0.3 is 5.97 Å². The zero-order valence-corrected chi connectivity index (χ0v) is 19.7. The van der Waals surface area contributed by atoms with Gasteiger partial charge in [-0.05, 0) is 47.2 Å². The van der Waals surface area contributed by atoms with E-state index in [1.54, 1.807) is 48.5 Å². The molecule has 0 saturated heterocycles. The van der Waals surface area contributed by atoms with E-state index in [-0.39, 0.29) is 16.3 Å². The molecule has 4 aromatic rings. The molecule has 0 heterocycles. The van der Waals surface area contributed by atoms with E-state index in [4.69, 9.17) is 25.8 Å². The molecule has 1 N–H and O–H groups in total. The molecule has 0 radical (unpaired) electrons. The second kappa shape index (κ2) is 10.7. The molecule has 35 heavy (non-hydrogen) atoms. The highest BCUT2D eigenvalue weighted by Crippen LogP contribution is 2.29. The second-order valence-corrected chi connectivity index (χ2v) is 7.74. The summed E-state index contributed by atoms with van der Waals surface area (Å²) in [4.78, 5) is 25.4. The standard InChI is InChI=1S/C27H21ClN2O5/c1-33-24-14-12-18(15-25(24)34-2)26(31)30-29-16-21-19-8-4-3-7-17(19)11-13-23(21)35-27(32)20-9-5-6-10-22(20)28/h3-16H,1-2H3,(H,30,31)/b29-16+. The van der Waals surface area contributed by atoms with Crippen molar-refractivity contribution >= 4 is 40.5 Å². The molecule has 8 heteroatoms. The van der Waals surface area contributed by atoms with Crippen LogP contribution in [-0.2, 0) is 0 Å². The number of nitrogens with one attached hydrogen (secondary N) is 1. The van der Waals surface area contributed by atoms with Gasteiger partial charge in [0.2, 0.25) is 0 Å². The van der Waals surface area contributed by atoms with Gasteiger partial charge in [0.1, 0.15) is 5.75 Å². The number of esters is 1. The summed E-state index contributed by atoms with van der Waals surface area (Å²) in [6.45, 7) is 0. The summed E-state index contributed by atoms with van der Waals surface area (Å²) in [7, 11) is 3.01. The van der Waals surface area contributed by atoms with Crippen molar-refractivity contribution in [2.24, 2.45) is 5.10 Å². The number of carbonyl (C=O) groups excluding carboxylic acids is 2. The lowest BCUT2D eigenvalue weighted by atomic mass is 10.0. The lowest BCUT2D eigenvalue weighted by Gasteiger charge is -2.11. The molecule has 1 amide bonds. The first-order valence-electron chi connectivity index (χ1n) is 10.6. The molecule has 0 saturated carbocycles. The number of fused-ring (bicyclic) bond motifs is 1. The molecule has 176 valence electrons. The van der Waals surface area contributed by atoms with Crippen molar-refractivity contribution in [3.05, 3.63) is 101 Å². The Morgan fingerprint density at radius 1 is 0.857 bits per heavy atom. The quantitative estimate of drug-likeness (QED) is 0.161. The van der Waals surface area contributed by atoms with Crippen LogP contribution in [0.25, 0.3) is 10.8 Å². The predicted molar refractivity (Wildman–Crippen MR) is 135 cm³/mol. The molecule has 4 aromatic carbocycles. The predicted octanol–water partition coefficient (Wildman–Crippen LogP) is 5.49. The van der Waals surface area contributed by atoms with Crippen LogP contribution in [0, 0.1) is 0 Å². The summed E-state index contributed by atoms with van der Waals surface area (Å²) in [5, 5.41) is 6.11. The zero-order valence-electron chi connectivity index (χ0n) is 18.9. The number of hydrogen-bond donors (Lipinski definition) is 1. The maximum atomic E-state index is 12.8. The molecule has 0 aromatic heterocycles. The third kappa shape index (κ3) is 5.26. The van der Waals surface area contributed by atoms with Crippen LogP contribution in [0.2, 0.25) is 5.02 Å². The van der Waals surface area contributed by atoms with E-state index in [0.29, 0.717) is 22.6 Å². The summed E-state index contributed by atoms with van der Waals surface area (Å²) in [5.74, 6) is 0.157. The average molecular weight is 489 g/mol. The van der Waals surface area contributed by atoms with Crippen LogP contribution in [0.5, 0.6) is 17.2 Å². The molecular weight excluding hydrogens is 468 g/mol. The number of amides is 1. The van der Waals surface area contributed by atoms with Crippen molar-refractivity contribution in [1.29, 1.82) is 0 Å². The van der Waals surface area contributed by atoms with Gasteiger partial charge in [0.25, 0.3) is 5.91 Å². The first-order valence-corrected chi connectivity index (χ1v) is 10.9. The fourth-order valence-electron chi connectivity index (χ4n) is 3.48. The number of nitrogens with zero attached hydrogens (tertiary/aromatic N) is 1. The third-order valence-electron chi connectivity index (χ3n) is 5.23. The molecular formula is C27H21ClN2O5. The minimum absolute atomic E-state index is 0.243. The lowest BCUT2D eigenvalue weighted by Crippen LogP contribution is -2.18. The van der Waals surface area contributed by atoms with Gasteiger partial charge in [0.05, 0.1) is 31.0 Å². The van der Waals surface area contributed by atoms with E-state index in [0.717, 1.165) is 10.8 Å². The summed E-state index contributed by atoms with van der Waals surface area (Å²) < 4.78 is 16.1. The molecule has 0 aliphatic heterocycles. The molecule has 7 nitrogen and oxygen atoms in total. The van der Waals surface area contributed by atoms with Crippen LogP contribution < -0.4 is 19.6 Å². The van der Waals surface area contributed by atoms with Crippen molar-refractivity contribution in [2.45, 2.75) is 0 Å². The highest BCUT2D eigenvalue weighted by molar-refractivity contribution is 6.33.